The van der Waals surface area contributed by atoms with Crippen molar-refractivity contribution in [3.05, 3.63) is 47.2 Å². The van der Waals surface area contributed by atoms with Gasteiger partial charge in [0.15, 0.2) is 0 Å². The molecule has 94 valence electrons. The quantitative estimate of drug-likeness (QED) is 0.833. The monoisotopic (exact) mass is 251 g/mol. The Morgan fingerprint density at radius 1 is 1.21 bits per heavy atom. The predicted octanol–water partition coefficient (Wildman–Crippen LogP) is 2.82. The Balaban J connectivity index is 1.92. The van der Waals surface area contributed by atoms with Gasteiger partial charge in [-0.3, -0.25) is 0 Å². The molecule has 1 heterocycles. The van der Waals surface area contributed by atoms with Crippen LogP contribution in [0.2, 0.25) is 0 Å². The zero-order valence-electron chi connectivity index (χ0n) is 10.4. The molecule has 0 bridgehead atoms. The third-order valence-electron chi connectivity index (χ3n) is 3.24. The van der Waals surface area contributed by atoms with Gasteiger partial charge in [-0.2, -0.15) is 5.26 Å². The summed E-state index contributed by atoms with van der Waals surface area (Å²) >= 11 is 0. The van der Waals surface area contributed by atoms with Gasteiger partial charge in [0.05, 0.1) is 5.56 Å². The number of nitrogens with two attached hydrogens (primary N) is 1. The Labute approximate surface area is 111 Å². The topological polar surface area (TPSA) is 71.9 Å². The number of ether oxygens (including phenoxy) is 1. The summed E-state index contributed by atoms with van der Waals surface area (Å²) in [5, 5.41) is 9.07. The Kier molecular flexibility index (Phi) is 2.81. The van der Waals surface area contributed by atoms with E-state index in [1.54, 1.807) is 18.2 Å². The number of benzene rings is 1. The molecule has 0 aliphatic heterocycles. The molecule has 1 aromatic carbocycles. The van der Waals surface area contributed by atoms with Crippen LogP contribution in [0.5, 0.6) is 11.6 Å². The van der Waals surface area contributed by atoms with E-state index in [1.807, 2.05) is 12.1 Å². The SMILES string of the molecule is N#Cc1cc(N)ccc1Oc1ccc2c(n1)CCC2. The lowest BCUT2D eigenvalue weighted by atomic mass is 10.2. The van der Waals surface area contributed by atoms with Gasteiger partial charge in [0, 0.05) is 17.4 Å². The minimum absolute atomic E-state index is 0.419. The molecular weight excluding hydrogens is 238 g/mol. The van der Waals surface area contributed by atoms with Crippen molar-refractivity contribution in [3.8, 4) is 17.7 Å². The van der Waals surface area contributed by atoms with Gasteiger partial charge in [-0.1, -0.05) is 6.07 Å². The number of pyridine rings is 1. The second-order valence-corrected chi connectivity index (χ2v) is 4.58. The van der Waals surface area contributed by atoms with Crippen molar-refractivity contribution in [2.24, 2.45) is 0 Å². The molecule has 0 saturated carbocycles. The van der Waals surface area contributed by atoms with Crippen LogP contribution >= 0.6 is 0 Å². The summed E-state index contributed by atoms with van der Waals surface area (Å²) in [7, 11) is 0. The number of nitrogen functional groups attached to an aromatic ring is 1. The number of fused-ring (bicyclic) bond motifs is 1. The van der Waals surface area contributed by atoms with Crippen molar-refractivity contribution in [3.63, 3.8) is 0 Å². The number of hydrogen-bond acceptors (Lipinski definition) is 4. The molecule has 0 saturated heterocycles. The molecule has 3 rings (SSSR count). The number of aromatic nitrogens is 1. The Bertz CT molecular complexity index is 674. The fraction of sp³-hybridized carbons (Fsp3) is 0.200. The normalized spacial score (nSPS) is 12.8. The van der Waals surface area contributed by atoms with E-state index in [4.69, 9.17) is 15.7 Å². The number of rotatable bonds is 2. The van der Waals surface area contributed by atoms with Gasteiger partial charge < -0.3 is 10.5 Å². The number of nitrogens with zero attached hydrogens (tertiary/aromatic N) is 2. The largest absolute Gasteiger partial charge is 0.438 e. The fourth-order valence-electron chi connectivity index (χ4n) is 2.29. The van der Waals surface area contributed by atoms with Crippen LogP contribution < -0.4 is 10.5 Å². The first-order valence-corrected chi connectivity index (χ1v) is 6.22. The van der Waals surface area contributed by atoms with Gasteiger partial charge in [-0.15, -0.1) is 0 Å². The van der Waals surface area contributed by atoms with Crippen molar-refractivity contribution in [2.75, 3.05) is 5.73 Å². The molecule has 2 aromatic rings. The van der Waals surface area contributed by atoms with E-state index >= 15 is 0 Å². The first-order valence-electron chi connectivity index (χ1n) is 6.22. The van der Waals surface area contributed by atoms with Gasteiger partial charge in [0.2, 0.25) is 5.88 Å². The van der Waals surface area contributed by atoms with Crippen LogP contribution in [0.15, 0.2) is 30.3 Å². The Hall–Kier alpha value is -2.54. The number of aryl methyl sites for hydroxylation is 2. The molecule has 1 aliphatic rings. The van der Waals surface area contributed by atoms with Gasteiger partial charge in [0.1, 0.15) is 11.8 Å². The third kappa shape index (κ3) is 2.23. The van der Waals surface area contributed by atoms with Crippen LogP contribution in [0.3, 0.4) is 0 Å². The van der Waals surface area contributed by atoms with E-state index in [2.05, 4.69) is 11.1 Å². The summed E-state index contributed by atoms with van der Waals surface area (Å²) < 4.78 is 5.69. The van der Waals surface area contributed by atoms with E-state index in [9.17, 15) is 0 Å². The van der Waals surface area contributed by atoms with E-state index in [0.29, 0.717) is 22.9 Å². The lowest BCUT2D eigenvalue weighted by molar-refractivity contribution is 0.459. The zero-order valence-corrected chi connectivity index (χ0v) is 10.4. The summed E-state index contributed by atoms with van der Waals surface area (Å²) in [5.41, 5.74) is 9.01. The van der Waals surface area contributed by atoms with E-state index in [-0.39, 0.29) is 0 Å². The number of hydrogen-bond donors (Lipinski definition) is 1. The van der Waals surface area contributed by atoms with Crippen molar-refractivity contribution in [1.29, 1.82) is 5.26 Å². The van der Waals surface area contributed by atoms with Crippen LogP contribution in [-0.2, 0) is 12.8 Å². The van der Waals surface area contributed by atoms with E-state index in [0.717, 1.165) is 25.0 Å². The van der Waals surface area contributed by atoms with Crippen LogP contribution in [0.1, 0.15) is 23.2 Å². The lowest BCUT2D eigenvalue weighted by Gasteiger charge is -2.08. The fourth-order valence-corrected chi connectivity index (χ4v) is 2.29. The molecule has 1 aromatic heterocycles. The van der Waals surface area contributed by atoms with Crippen molar-refractivity contribution in [2.45, 2.75) is 19.3 Å². The van der Waals surface area contributed by atoms with Gasteiger partial charge in [-0.05, 0) is 43.0 Å². The van der Waals surface area contributed by atoms with E-state index < -0.39 is 0 Å². The van der Waals surface area contributed by atoms with Crippen molar-refractivity contribution in [1.82, 2.24) is 4.98 Å². The molecular formula is C15H13N3O. The van der Waals surface area contributed by atoms with Gasteiger partial charge in [0.25, 0.3) is 0 Å². The molecule has 0 atom stereocenters. The number of nitriles is 1. The van der Waals surface area contributed by atoms with Crippen molar-refractivity contribution < 1.29 is 4.74 Å². The first kappa shape index (κ1) is 11.5. The summed E-state index contributed by atoms with van der Waals surface area (Å²) in [5.74, 6) is 1.02. The minimum Gasteiger partial charge on any atom is -0.438 e. The molecule has 1 aliphatic carbocycles. The molecule has 2 N–H and O–H groups in total. The summed E-state index contributed by atoms with van der Waals surface area (Å²) in [4.78, 5) is 4.48. The lowest BCUT2D eigenvalue weighted by Crippen LogP contribution is -1.95. The highest BCUT2D eigenvalue weighted by atomic mass is 16.5. The first-order chi connectivity index (χ1) is 9.26. The summed E-state index contributed by atoms with van der Waals surface area (Å²) in [6, 6.07) is 11.0. The summed E-state index contributed by atoms with van der Waals surface area (Å²) in [6.07, 6.45) is 3.24. The summed E-state index contributed by atoms with van der Waals surface area (Å²) in [6.45, 7) is 0. The highest BCUT2D eigenvalue weighted by Crippen LogP contribution is 2.28. The van der Waals surface area contributed by atoms with Gasteiger partial charge in [-0.25, -0.2) is 4.98 Å². The minimum atomic E-state index is 0.419. The highest BCUT2D eigenvalue weighted by Gasteiger charge is 2.14. The van der Waals surface area contributed by atoms with Crippen LogP contribution in [0.4, 0.5) is 5.69 Å². The smallest absolute Gasteiger partial charge is 0.219 e. The highest BCUT2D eigenvalue weighted by molar-refractivity contribution is 5.54. The average molecular weight is 251 g/mol. The molecule has 4 heteroatoms. The molecule has 0 fully saturated rings. The Morgan fingerprint density at radius 3 is 2.95 bits per heavy atom. The van der Waals surface area contributed by atoms with Crippen LogP contribution in [0, 0.1) is 11.3 Å². The maximum absolute atomic E-state index is 9.07. The predicted molar refractivity (Wildman–Crippen MR) is 71.9 cm³/mol. The molecule has 4 nitrogen and oxygen atoms in total. The van der Waals surface area contributed by atoms with Crippen molar-refractivity contribution >= 4 is 5.69 Å². The molecule has 19 heavy (non-hydrogen) atoms. The second-order valence-electron chi connectivity index (χ2n) is 4.58. The standard InChI is InChI=1S/C15H13N3O/c16-9-11-8-12(17)5-6-14(11)19-15-7-4-10-2-1-3-13(10)18-15/h4-8H,1-3,17H2. The van der Waals surface area contributed by atoms with Gasteiger partial charge >= 0.3 is 0 Å². The molecule has 0 amide bonds. The molecule has 0 spiro atoms. The average Bonchev–Trinajstić information content (AvgIpc) is 2.88. The third-order valence-corrected chi connectivity index (χ3v) is 3.24. The molecule has 0 unspecified atom stereocenters. The maximum Gasteiger partial charge on any atom is 0.219 e. The van der Waals surface area contributed by atoms with Crippen LogP contribution in [-0.4, -0.2) is 4.98 Å². The zero-order chi connectivity index (χ0) is 13.2. The maximum atomic E-state index is 9.07. The Morgan fingerprint density at radius 2 is 2.11 bits per heavy atom. The van der Waals surface area contributed by atoms with E-state index in [1.165, 1.54) is 5.56 Å². The molecule has 0 radical (unpaired) electrons. The van der Waals surface area contributed by atoms with Crippen LogP contribution in [0.25, 0.3) is 0 Å². The second kappa shape index (κ2) is 4.62. The number of anilines is 1.